The van der Waals surface area contributed by atoms with Gasteiger partial charge >= 0.3 is 0 Å². The first-order valence-corrected chi connectivity index (χ1v) is 10.6. The molecule has 1 aromatic heterocycles. The summed E-state index contributed by atoms with van der Waals surface area (Å²) in [7, 11) is 3.16. The van der Waals surface area contributed by atoms with Gasteiger partial charge in [-0.1, -0.05) is 23.8 Å². The van der Waals surface area contributed by atoms with Crippen LogP contribution >= 0.6 is 0 Å². The van der Waals surface area contributed by atoms with Crippen LogP contribution in [0.15, 0.2) is 54.6 Å². The van der Waals surface area contributed by atoms with Crippen molar-refractivity contribution in [1.29, 1.82) is 0 Å². The Kier molecular flexibility index (Phi) is 8.24. The van der Waals surface area contributed by atoms with Crippen LogP contribution < -0.4 is 25.4 Å². The normalized spacial score (nSPS) is 10.7. The maximum absolute atomic E-state index is 12.1. The Hall–Kier alpha value is -4.07. The SMILES string of the molecule is COc1ccc(/C=C/C(=O)NCCNc2nc(C)cc(Nc3ccc(C)cc3)n2)cc1OC. The Balaban J connectivity index is 1.48. The molecule has 8 heteroatoms. The van der Waals surface area contributed by atoms with E-state index in [4.69, 9.17) is 9.47 Å². The number of hydrogen-bond acceptors (Lipinski definition) is 7. The van der Waals surface area contributed by atoms with Crippen LogP contribution in [0.4, 0.5) is 17.5 Å². The largest absolute Gasteiger partial charge is 0.493 e. The Morgan fingerprint density at radius 3 is 2.42 bits per heavy atom. The Morgan fingerprint density at radius 1 is 0.939 bits per heavy atom. The van der Waals surface area contributed by atoms with Crippen molar-refractivity contribution < 1.29 is 14.3 Å². The second kappa shape index (κ2) is 11.5. The van der Waals surface area contributed by atoms with E-state index in [9.17, 15) is 4.79 Å². The number of anilines is 3. The standard InChI is InChI=1S/C25H29N5O3/c1-17-5-9-20(10-6-17)29-23-15-18(2)28-25(30-23)27-14-13-26-24(31)12-8-19-7-11-21(32-3)22(16-19)33-4/h5-12,15-16H,13-14H2,1-4H3,(H,26,31)(H2,27,28,29,30)/b12-8+. The topological polar surface area (TPSA) is 97.4 Å². The lowest BCUT2D eigenvalue weighted by Gasteiger charge is -2.10. The Morgan fingerprint density at radius 2 is 1.70 bits per heavy atom. The van der Waals surface area contributed by atoms with Crippen molar-refractivity contribution in [1.82, 2.24) is 15.3 Å². The predicted octanol–water partition coefficient (Wildman–Crippen LogP) is 4.10. The summed E-state index contributed by atoms with van der Waals surface area (Å²) in [5.74, 6) is 2.26. The number of carbonyl (C=O) groups excluding carboxylic acids is 1. The first-order chi connectivity index (χ1) is 16.0. The van der Waals surface area contributed by atoms with E-state index in [-0.39, 0.29) is 5.91 Å². The fraction of sp³-hybridized carbons (Fsp3) is 0.240. The molecular weight excluding hydrogens is 418 g/mol. The number of rotatable bonds is 10. The molecule has 1 amide bonds. The van der Waals surface area contributed by atoms with E-state index < -0.39 is 0 Å². The summed E-state index contributed by atoms with van der Waals surface area (Å²) in [6, 6.07) is 15.4. The third-order valence-electron chi connectivity index (χ3n) is 4.72. The summed E-state index contributed by atoms with van der Waals surface area (Å²) in [5.41, 5.74) is 3.83. The van der Waals surface area contributed by atoms with Crippen LogP contribution in [0.25, 0.3) is 6.08 Å². The van der Waals surface area contributed by atoms with Crippen molar-refractivity contribution in [3.05, 3.63) is 71.4 Å². The monoisotopic (exact) mass is 447 g/mol. The minimum Gasteiger partial charge on any atom is -0.493 e. The van der Waals surface area contributed by atoms with Crippen LogP contribution in [0.1, 0.15) is 16.8 Å². The van der Waals surface area contributed by atoms with E-state index in [0.717, 1.165) is 16.9 Å². The molecule has 8 nitrogen and oxygen atoms in total. The number of ether oxygens (including phenoxy) is 2. The van der Waals surface area contributed by atoms with Crippen molar-refractivity contribution in [3.63, 3.8) is 0 Å². The van der Waals surface area contributed by atoms with Gasteiger partial charge in [0.2, 0.25) is 11.9 Å². The van der Waals surface area contributed by atoms with Gasteiger partial charge in [0.25, 0.3) is 0 Å². The van der Waals surface area contributed by atoms with Gasteiger partial charge in [0.05, 0.1) is 14.2 Å². The highest BCUT2D eigenvalue weighted by Gasteiger charge is 2.05. The molecule has 3 N–H and O–H groups in total. The third kappa shape index (κ3) is 7.24. The number of amides is 1. The number of hydrogen-bond donors (Lipinski definition) is 3. The van der Waals surface area contributed by atoms with Gasteiger partial charge in [0.1, 0.15) is 5.82 Å². The van der Waals surface area contributed by atoms with Crippen LogP contribution in [-0.2, 0) is 4.79 Å². The van der Waals surface area contributed by atoms with E-state index in [1.807, 2.05) is 56.3 Å². The molecule has 0 radical (unpaired) electrons. The maximum Gasteiger partial charge on any atom is 0.244 e. The summed E-state index contributed by atoms with van der Waals surface area (Å²) in [6.45, 7) is 4.87. The van der Waals surface area contributed by atoms with Crippen LogP contribution in [-0.4, -0.2) is 43.2 Å². The molecule has 0 aliphatic rings. The van der Waals surface area contributed by atoms with Gasteiger partial charge in [-0.2, -0.15) is 4.98 Å². The lowest BCUT2D eigenvalue weighted by molar-refractivity contribution is -0.116. The third-order valence-corrected chi connectivity index (χ3v) is 4.72. The molecule has 0 fully saturated rings. The number of methoxy groups -OCH3 is 2. The van der Waals surface area contributed by atoms with E-state index in [1.54, 1.807) is 26.4 Å². The molecule has 0 aliphatic heterocycles. The highest BCUT2D eigenvalue weighted by molar-refractivity contribution is 5.91. The number of aromatic nitrogens is 2. The molecule has 172 valence electrons. The molecule has 0 saturated carbocycles. The van der Waals surface area contributed by atoms with Crippen molar-refractivity contribution in [2.24, 2.45) is 0 Å². The fourth-order valence-electron chi connectivity index (χ4n) is 3.04. The first-order valence-electron chi connectivity index (χ1n) is 10.6. The second-order valence-electron chi connectivity index (χ2n) is 7.37. The quantitative estimate of drug-likeness (QED) is 0.318. The van der Waals surface area contributed by atoms with E-state index >= 15 is 0 Å². The van der Waals surface area contributed by atoms with Crippen LogP contribution in [0.2, 0.25) is 0 Å². The van der Waals surface area contributed by atoms with Gasteiger partial charge in [0, 0.05) is 36.6 Å². The number of aryl methyl sites for hydroxylation is 2. The molecule has 3 rings (SSSR count). The van der Waals surface area contributed by atoms with E-state index in [1.165, 1.54) is 11.6 Å². The summed E-state index contributed by atoms with van der Waals surface area (Å²) >= 11 is 0. The van der Waals surface area contributed by atoms with Gasteiger partial charge in [-0.15, -0.1) is 0 Å². The van der Waals surface area contributed by atoms with Gasteiger partial charge in [-0.3, -0.25) is 4.79 Å². The zero-order valence-electron chi connectivity index (χ0n) is 19.3. The van der Waals surface area contributed by atoms with Crippen molar-refractivity contribution >= 4 is 29.4 Å². The van der Waals surface area contributed by atoms with Gasteiger partial charge in [-0.25, -0.2) is 4.98 Å². The van der Waals surface area contributed by atoms with E-state index in [2.05, 4.69) is 25.9 Å². The first kappa shape index (κ1) is 23.6. The molecule has 3 aromatic rings. The molecule has 0 atom stereocenters. The molecule has 0 saturated heterocycles. The predicted molar refractivity (Wildman–Crippen MR) is 131 cm³/mol. The molecule has 0 spiro atoms. The minimum absolute atomic E-state index is 0.196. The summed E-state index contributed by atoms with van der Waals surface area (Å²) in [6.07, 6.45) is 3.20. The minimum atomic E-state index is -0.196. The fourth-order valence-corrected chi connectivity index (χ4v) is 3.04. The molecule has 0 unspecified atom stereocenters. The average Bonchev–Trinajstić information content (AvgIpc) is 2.81. The lowest BCUT2D eigenvalue weighted by atomic mass is 10.2. The van der Waals surface area contributed by atoms with Gasteiger partial charge in [0.15, 0.2) is 11.5 Å². The van der Waals surface area contributed by atoms with Crippen LogP contribution in [0.5, 0.6) is 11.5 Å². The number of nitrogens with one attached hydrogen (secondary N) is 3. The van der Waals surface area contributed by atoms with Crippen molar-refractivity contribution in [2.75, 3.05) is 37.9 Å². The van der Waals surface area contributed by atoms with Crippen LogP contribution in [0.3, 0.4) is 0 Å². The number of carbonyl (C=O) groups is 1. The van der Waals surface area contributed by atoms with Crippen LogP contribution in [0, 0.1) is 13.8 Å². The summed E-state index contributed by atoms with van der Waals surface area (Å²) in [4.78, 5) is 21.0. The lowest BCUT2D eigenvalue weighted by Crippen LogP contribution is -2.27. The zero-order chi connectivity index (χ0) is 23.6. The molecule has 0 aliphatic carbocycles. The maximum atomic E-state index is 12.1. The van der Waals surface area contributed by atoms with Crippen molar-refractivity contribution in [2.45, 2.75) is 13.8 Å². The Labute approximate surface area is 194 Å². The zero-order valence-corrected chi connectivity index (χ0v) is 19.3. The molecule has 2 aromatic carbocycles. The smallest absolute Gasteiger partial charge is 0.244 e. The number of benzene rings is 2. The molecular formula is C25H29N5O3. The van der Waals surface area contributed by atoms with Gasteiger partial charge in [-0.05, 0) is 49.8 Å². The summed E-state index contributed by atoms with van der Waals surface area (Å²) in [5, 5.41) is 9.26. The number of nitrogens with zero attached hydrogens (tertiary/aromatic N) is 2. The second-order valence-corrected chi connectivity index (χ2v) is 7.37. The summed E-state index contributed by atoms with van der Waals surface area (Å²) < 4.78 is 10.5. The molecule has 1 heterocycles. The highest BCUT2D eigenvalue weighted by Crippen LogP contribution is 2.27. The molecule has 33 heavy (non-hydrogen) atoms. The average molecular weight is 448 g/mol. The van der Waals surface area contributed by atoms with Crippen molar-refractivity contribution in [3.8, 4) is 11.5 Å². The van der Waals surface area contributed by atoms with Gasteiger partial charge < -0.3 is 25.4 Å². The molecule has 0 bridgehead atoms. The highest BCUT2D eigenvalue weighted by atomic mass is 16.5. The Bertz CT molecular complexity index is 1110. The van der Waals surface area contributed by atoms with E-state index in [0.29, 0.717) is 36.4 Å².